The van der Waals surface area contributed by atoms with Crippen LogP contribution in [0.2, 0.25) is 0 Å². The number of rotatable bonds is 5. The number of fused-ring (bicyclic) bond motifs is 1. The van der Waals surface area contributed by atoms with E-state index in [0.29, 0.717) is 6.54 Å². The van der Waals surface area contributed by atoms with Crippen LogP contribution in [0.25, 0.3) is 10.9 Å². The first-order chi connectivity index (χ1) is 16.0. The zero-order valence-corrected chi connectivity index (χ0v) is 18.5. The first kappa shape index (κ1) is 25.3. The first-order valence-corrected chi connectivity index (χ1v) is 10.7. The third-order valence-electron chi connectivity index (χ3n) is 5.51. The molecule has 1 atom stereocenters. The molecule has 0 aliphatic carbocycles. The Kier molecular flexibility index (Phi) is 7.95. The van der Waals surface area contributed by atoms with E-state index in [2.05, 4.69) is 22.3 Å². The van der Waals surface area contributed by atoms with E-state index >= 15 is 0 Å². The van der Waals surface area contributed by atoms with Gasteiger partial charge in [0.25, 0.3) is 5.56 Å². The summed E-state index contributed by atoms with van der Waals surface area (Å²) >= 11 is 0. The van der Waals surface area contributed by atoms with Gasteiger partial charge in [0.05, 0.1) is 11.6 Å². The molecule has 2 heterocycles. The average Bonchev–Trinajstić information content (AvgIpc) is 3.20. The fraction of sp³-hybridized carbons (Fsp3) is 0.333. The molecule has 4 rings (SSSR count). The molecule has 1 fully saturated rings. The molecule has 1 aliphatic rings. The maximum absolute atomic E-state index is 12.6. The zero-order valence-electron chi connectivity index (χ0n) is 18.5. The number of hydrogen-bond acceptors (Lipinski definition) is 5. The highest BCUT2D eigenvalue weighted by Crippen LogP contribution is 2.18. The van der Waals surface area contributed by atoms with Crippen LogP contribution >= 0.6 is 0 Å². The fourth-order valence-corrected chi connectivity index (χ4v) is 3.81. The summed E-state index contributed by atoms with van der Waals surface area (Å²) < 4.78 is 33.4. The van der Waals surface area contributed by atoms with Gasteiger partial charge >= 0.3 is 12.1 Å². The number of alkyl halides is 3. The molecule has 1 saturated heterocycles. The summed E-state index contributed by atoms with van der Waals surface area (Å²) in [6, 6.07) is 18.2. The summed E-state index contributed by atoms with van der Waals surface area (Å²) in [6.07, 6.45) is -4.43. The first-order valence-electron chi connectivity index (χ1n) is 10.7. The molecule has 34 heavy (non-hydrogen) atoms. The average molecular weight is 477 g/mol. The summed E-state index contributed by atoms with van der Waals surface area (Å²) in [5.74, 6) is -2.76. The lowest BCUT2D eigenvalue weighted by Gasteiger charge is -2.16. The minimum atomic E-state index is -5.08. The highest BCUT2D eigenvalue weighted by Gasteiger charge is 2.38. The molecule has 182 valence electrons. The van der Waals surface area contributed by atoms with Crippen molar-refractivity contribution in [1.29, 1.82) is 0 Å². The number of aliphatic carboxylic acids is 1. The molecule has 1 aromatic heterocycles. The van der Waals surface area contributed by atoms with Gasteiger partial charge in [-0.15, -0.1) is 0 Å². The maximum atomic E-state index is 12.6. The Morgan fingerprint density at radius 3 is 2.50 bits per heavy atom. The van der Waals surface area contributed by atoms with Crippen LogP contribution in [0.4, 0.5) is 18.9 Å². The van der Waals surface area contributed by atoms with Crippen LogP contribution in [-0.2, 0) is 24.9 Å². The summed E-state index contributed by atoms with van der Waals surface area (Å²) in [4.78, 5) is 23.8. The van der Waals surface area contributed by atoms with E-state index in [0.717, 1.165) is 48.2 Å². The molecule has 7 nitrogen and oxygen atoms in total. The largest absolute Gasteiger partial charge is 0.490 e. The molecule has 2 aromatic carbocycles. The Balaban J connectivity index is 0.000000406. The van der Waals surface area contributed by atoms with Crippen LogP contribution < -0.4 is 10.9 Å². The molecule has 0 spiro atoms. The second kappa shape index (κ2) is 10.7. The number of aromatic nitrogens is 1. The van der Waals surface area contributed by atoms with E-state index in [-0.39, 0.29) is 11.7 Å². The van der Waals surface area contributed by atoms with Gasteiger partial charge < -0.3 is 20.1 Å². The molecular formula is C24H26F3N3O4. The lowest BCUT2D eigenvalue weighted by atomic mass is 10.1. The number of β-amino-alcohol motifs (C(OH)–C–C–N with tert-alkyl or cyclic N) is 1. The quantitative estimate of drug-likeness (QED) is 0.522. The number of aliphatic hydroxyl groups is 1. The van der Waals surface area contributed by atoms with Crippen LogP contribution in [-0.4, -0.2) is 51.0 Å². The van der Waals surface area contributed by atoms with E-state index in [1.807, 2.05) is 49.5 Å². The number of carboxylic acids is 1. The lowest BCUT2D eigenvalue weighted by Crippen LogP contribution is -2.23. The van der Waals surface area contributed by atoms with E-state index < -0.39 is 12.1 Å². The van der Waals surface area contributed by atoms with Crippen molar-refractivity contribution in [3.8, 4) is 0 Å². The van der Waals surface area contributed by atoms with Crippen LogP contribution in [0, 0.1) is 0 Å². The molecule has 0 bridgehead atoms. The van der Waals surface area contributed by atoms with Gasteiger partial charge in [0.1, 0.15) is 0 Å². The SMILES string of the molecule is Cn1c(=O)c(CNc2cccc(CN3CCC(O)C3)c2)cc2ccccc21.O=C(O)C(F)(F)F. The second-order valence-electron chi connectivity index (χ2n) is 8.13. The van der Waals surface area contributed by atoms with Gasteiger partial charge in [-0.25, -0.2) is 4.79 Å². The Bertz CT molecular complexity index is 1210. The maximum Gasteiger partial charge on any atom is 0.490 e. The van der Waals surface area contributed by atoms with Crippen molar-refractivity contribution in [2.24, 2.45) is 7.05 Å². The van der Waals surface area contributed by atoms with Gasteiger partial charge in [-0.3, -0.25) is 9.69 Å². The van der Waals surface area contributed by atoms with Crippen molar-refractivity contribution >= 4 is 22.6 Å². The van der Waals surface area contributed by atoms with Crippen LogP contribution in [0.3, 0.4) is 0 Å². The molecule has 0 amide bonds. The van der Waals surface area contributed by atoms with Crippen LogP contribution in [0.5, 0.6) is 0 Å². The van der Waals surface area contributed by atoms with Gasteiger partial charge in [0, 0.05) is 44.5 Å². The third-order valence-corrected chi connectivity index (χ3v) is 5.51. The smallest absolute Gasteiger partial charge is 0.475 e. The summed E-state index contributed by atoms with van der Waals surface area (Å²) in [5.41, 5.74) is 3.94. The number of aliphatic hydroxyl groups excluding tert-OH is 1. The summed E-state index contributed by atoms with van der Waals surface area (Å²) in [6.45, 7) is 3.00. The number of benzene rings is 2. The number of likely N-dealkylation sites (tertiary alicyclic amines) is 1. The standard InChI is InChI=1S/C22H25N3O2.C2HF3O2/c1-24-21-8-3-2-6-17(21)12-18(22(24)27)13-23-19-7-4-5-16(11-19)14-25-10-9-20(26)15-25;3-2(4,5)1(6)7/h2-8,11-12,20,23,26H,9-10,13-15H2,1H3;(H,6,7). The molecule has 10 heteroatoms. The minimum Gasteiger partial charge on any atom is -0.475 e. The van der Waals surface area contributed by atoms with Crippen molar-refractivity contribution in [2.45, 2.75) is 31.8 Å². The van der Waals surface area contributed by atoms with Crippen molar-refractivity contribution in [2.75, 3.05) is 18.4 Å². The van der Waals surface area contributed by atoms with E-state index in [1.165, 1.54) is 5.56 Å². The number of carboxylic acid groups (broad SMARTS) is 1. The molecule has 3 N–H and O–H groups in total. The van der Waals surface area contributed by atoms with Crippen molar-refractivity contribution in [1.82, 2.24) is 9.47 Å². The topological polar surface area (TPSA) is 94.8 Å². The third kappa shape index (κ3) is 6.58. The number of hydrogen-bond donors (Lipinski definition) is 3. The normalized spacial score (nSPS) is 16.2. The monoisotopic (exact) mass is 477 g/mol. The van der Waals surface area contributed by atoms with Gasteiger partial charge in [0.2, 0.25) is 0 Å². The number of nitrogens with one attached hydrogen (secondary N) is 1. The second-order valence-corrected chi connectivity index (χ2v) is 8.13. The van der Waals surface area contributed by atoms with Crippen molar-refractivity contribution < 1.29 is 28.2 Å². The number of para-hydroxylation sites is 1. The molecule has 0 radical (unpaired) electrons. The van der Waals surface area contributed by atoms with Gasteiger partial charge in [-0.2, -0.15) is 13.2 Å². The molecule has 0 saturated carbocycles. The predicted octanol–water partition coefficient (Wildman–Crippen LogP) is 3.35. The predicted molar refractivity (Wildman–Crippen MR) is 123 cm³/mol. The van der Waals surface area contributed by atoms with Gasteiger partial charge in [-0.05, 0) is 41.6 Å². The Labute approximate surface area is 194 Å². The van der Waals surface area contributed by atoms with Gasteiger partial charge in [0.15, 0.2) is 0 Å². The number of nitrogens with zero attached hydrogens (tertiary/aromatic N) is 2. The van der Waals surface area contributed by atoms with Crippen molar-refractivity contribution in [3.05, 3.63) is 76.1 Å². The summed E-state index contributed by atoms with van der Waals surface area (Å²) in [7, 11) is 1.82. The van der Waals surface area contributed by atoms with Gasteiger partial charge in [-0.1, -0.05) is 30.3 Å². The Morgan fingerprint density at radius 1 is 1.15 bits per heavy atom. The molecule has 1 unspecified atom stereocenters. The highest BCUT2D eigenvalue weighted by molar-refractivity contribution is 5.79. The van der Waals surface area contributed by atoms with Crippen molar-refractivity contribution in [3.63, 3.8) is 0 Å². The Hall–Kier alpha value is -3.37. The van der Waals surface area contributed by atoms with E-state index in [1.54, 1.807) is 4.57 Å². The molecule has 1 aliphatic heterocycles. The zero-order chi connectivity index (χ0) is 24.9. The Morgan fingerprint density at radius 2 is 1.85 bits per heavy atom. The molecule has 3 aromatic rings. The number of carbonyl (C=O) groups is 1. The van der Waals surface area contributed by atoms with Crippen LogP contribution in [0.15, 0.2) is 59.4 Å². The van der Waals surface area contributed by atoms with Crippen LogP contribution in [0.1, 0.15) is 17.5 Å². The number of anilines is 1. The number of pyridine rings is 1. The lowest BCUT2D eigenvalue weighted by molar-refractivity contribution is -0.192. The minimum absolute atomic E-state index is 0.0309. The number of aryl methyl sites for hydroxylation is 1. The highest BCUT2D eigenvalue weighted by atomic mass is 19.4. The molecular weight excluding hydrogens is 451 g/mol. The van der Waals surface area contributed by atoms with E-state index in [4.69, 9.17) is 9.90 Å². The summed E-state index contributed by atoms with van der Waals surface area (Å²) in [5, 5.41) is 21.3. The number of halogens is 3. The van der Waals surface area contributed by atoms with E-state index in [9.17, 15) is 23.1 Å². The fourth-order valence-electron chi connectivity index (χ4n) is 3.81.